The van der Waals surface area contributed by atoms with Crippen LogP contribution in [-0.2, 0) is 6.54 Å². The molecule has 0 bridgehead atoms. The minimum absolute atomic E-state index is 0.164. The van der Waals surface area contributed by atoms with Crippen LogP contribution in [0.3, 0.4) is 0 Å². The first-order valence-electron chi connectivity index (χ1n) is 7.97. The molecule has 0 aliphatic rings. The molecule has 0 aliphatic carbocycles. The molecule has 0 saturated carbocycles. The molecule has 4 rings (SSSR count). The van der Waals surface area contributed by atoms with E-state index < -0.39 is 0 Å². The molecule has 0 saturated heterocycles. The van der Waals surface area contributed by atoms with Crippen LogP contribution < -0.4 is 5.32 Å². The van der Waals surface area contributed by atoms with Gasteiger partial charge in [0.2, 0.25) is 0 Å². The molecule has 3 nitrogen and oxygen atoms in total. The smallest absolute Gasteiger partial charge is 0.110 e. The number of benzene rings is 1. The van der Waals surface area contributed by atoms with Gasteiger partial charge in [-0.2, -0.15) is 0 Å². The van der Waals surface area contributed by atoms with E-state index in [0.717, 1.165) is 33.2 Å². The fraction of sp³-hybridized carbons (Fsp3) is 0.158. The number of rotatable bonds is 5. The molecule has 0 radical (unpaired) electrons. The van der Waals surface area contributed by atoms with Gasteiger partial charge in [0.05, 0.1) is 16.8 Å². The highest BCUT2D eigenvalue weighted by Crippen LogP contribution is 2.35. The van der Waals surface area contributed by atoms with Crippen LogP contribution in [0.25, 0.3) is 21.3 Å². The van der Waals surface area contributed by atoms with Crippen molar-refractivity contribution in [2.24, 2.45) is 0 Å². The molecular weight excluding hydrogens is 370 g/mol. The lowest BCUT2D eigenvalue weighted by atomic mass is 10.2. The van der Waals surface area contributed by atoms with Gasteiger partial charge in [-0.3, -0.25) is 4.98 Å². The van der Waals surface area contributed by atoms with Crippen LogP contribution in [0.5, 0.6) is 0 Å². The Bertz CT molecular complexity index is 994. The summed E-state index contributed by atoms with van der Waals surface area (Å²) in [6.45, 7) is 2.87. The van der Waals surface area contributed by atoms with Gasteiger partial charge in [0, 0.05) is 44.8 Å². The van der Waals surface area contributed by atoms with Gasteiger partial charge < -0.3 is 5.32 Å². The number of nitrogens with zero attached hydrogens (tertiary/aromatic N) is 2. The van der Waals surface area contributed by atoms with E-state index in [0.29, 0.717) is 0 Å². The Labute approximate surface area is 159 Å². The normalized spacial score (nSPS) is 12.6. The molecule has 0 unspecified atom stereocenters. The Morgan fingerprint density at radius 2 is 2.08 bits per heavy atom. The summed E-state index contributed by atoms with van der Waals surface area (Å²) in [4.78, 5) is 10.1. The summed E-state index contributed by atoms with van der Waals surface area (Å²) in [5, 5.41) is 8.67. The number of pyridine rings is 1. The summed E-state index contributed by atoms with van der Waals surface area (Å²) in [6.07, 6.45) is 3.61. The van der Waals surface area contributed by atoms with Crippen LogP contribution in [0.15, 0.2) is 54.2 Å². The fourth-order valence-corrected chi connectivity index (χ4v) is 4.96. The van der Waals surface area contributed by atoms with E-state index in [-0.39, 0.29) is 6.04 Å². The lowest BCUT2D eigenvalue weighted by Gasteiger charge is -2.10. The number of nitrogens with one attached hydrogen (secondary N) is 1. The number of halogens is 1. The van der Waals surface area contributed by atoms with E-state index in [1.165, 1.54) is 9.58 Å². The highest BCUT2D eigenvalue weighted by Gasteiger charge is 2.14. The second-order valence-electron chi connectivity index (χ2n) is 5.75. The quantitative estimate of drug-likeness (QED) is 0.463. The van der Waals surface area contributed by atoms with E-state index in [4.69, 9.17) is 16.6 Å². The van der Waals surface area contributed by atoms with Crippen LogP contribution in [0, 0.1) is 0 Å². The number of fused-ring (bicyclic) bond motifs is 1. The number of hydrogen-bond donors (Lipinski definition) is 1. The molecule has 1 N–H and O–H groups in total. The van der Waals surface area contributed by atoms with E-state index >= 15 is 0 Å². The maximum Gasteiger partial charge on any atom is 0.110 e. The standard InChI is InChI=1S/C19H16ClN3S2/c1-12(19-23-15(11-24-19)13-5-4-8-21-9-13)22-10-17-18(20)14-6-2-3-7-16(14)25-17/h2-9,11-12,22H,10H2,1H3/t12-/m0/s1. The third kappa shape index (κ3) is 3.46. The van der Waals surface area contributed by atoms with Crippen LogP contribution in [0.1, 0.15) is 22.9 Å². The Hall–Kier alpha value is -1.79. The zero-order valence-electron chi connectivity index (χ0n) is 13.6. The molecule has 1 aromatic carbocycles. The summed E-state index contributed by atoms with van der Waals surface area (Å²) in [5.41, 5.74) is 2.02. The predicted molar refractivity (Wildman–Crippen MR) is 107 cm³/mol. The Morgan fingerprint density at radius 1 is 1.20 bits per heavy atom. The van der Waals surface area contributed by atoms with Crippen molar-refractivity contribution in [2.75, 3.05) is 0 Å². The molecular formula is C19H16ClN3S2. The average molecular weight is 386 g/mol. The van der Waals surface area contributed by atoms with Gasteiger partial charge in [-0.1, -0.05) is 29.8 Å². The van der Waals surface area contributed by atoms with Gasteiger partial charge in [-0.05, 0) is 25.1 Å². The molecule has 6 heteroatoms. The summed E-state index contributed by atoms with van der Waals surface area (Å²) in [6, 6.07) is 12.4. The molecule has 126 valence electrons. The van der Waals surface area contributed by atoms with Gasteiger partial charge in [0.25, 0.3) is 0 Å². The molecule has 3 aromatic heterocycles. The molecule has 1 atom stereocenters. The summed E-state index contributed by atoms with van der Waals surface area (Å²) in [7, 11) is 0. The van der Waals surface area contributed by atoms with Crippen molar-refractivity contribution in [3.8, 4) is 11.3 Å². The SMILES string of the molecule is C[C@H](NCc1sc2ccccc2c1Cl)c1nc(-c2cccnc2)cs1. The zero-order chi connectivity index (χ0) is 17.2. The first kappa shape index (κ1) is 16.7. The van der Waals surface area contributed by atoms with Crippen molar-refractivity contribution in [3.05, 3.63) is 69.1 Å². The Kier molecular flexibility index (Phi) is 4.81. The van der Waals surface area contributed by atoms with Crippen molar-refractivity contribution in [3.63, 3.8) is 0 Å². The summed E-state index contributed by atoms with van der Waals surface area (Å²) >= 11 is 9.93. The third-order valence-electron chi connectivity index (χ3n) is 4.02. The van der Waals surface area contributed by atoms with Crippen LogP contribution in [0.4, 0.5) is 0 Å². The Balaban J connectivity index is 1.48. The maximum absolute atomic E-state index is 6.52. The van der Waals surface area contributed by atoms with Gasteiger partial charge in [0.1, 0.15) is 5.01 Å². The molecule has 4 aromatic rings. The van der Waals surface area contributed by atoms with Crippen molar-refractivity contribution in [2.45, 2.75) is 19.5 Å². The summed E-state index contributed by atoms with van der Waals surface area (Å²) < 4.78 is 1.23. The Morgan fingerprint density at radius 3 is 2.88 bits per heavy atom. The first-order chi connectivity index (χ1) is 12.2. The van der Waals surface area contributed by atoms with Gasteiger partial charge in [-0.25, -0.2) is 4.98 Å². The largest absolute Gasteiger partial charge is 0.303 e. The summed E-state index contributed by atoms with van der Waals surface area (Å²) in [5.74, 6) is 0. The van der Waals surface area contributed by atoms with Gasteiger partial charge >= 0.3 is 0 Å². The zero-order valence-corrected chi connectivity index (χ0v) is 16.0. The number of aromatic nitrogens is 2. The first-order valence-corrected chi connectivity index (χ1v) is 10.0. The van der Waals surface area contributed by atoms with E-state index in [9.17, 15) is 0 Å². The molecule has 0 amide bonds. The highest BCUT2D eigenvalue weighted by atomic mass is 35.5. The van der Waals surface area contributed by atoms with E-state index in [1.54, 1.807) is 28.9 Å². The van der Waals surface area contributed by atoms with Crippen molar-refractivity contribution in [1.82, 2.24) is 15.3 Å². The number of hydrogen-bond acceptors (Lipinski definition) is 5. The van der Waals surface area contributed by atoms with Crippen molar-refractivity contribution < 1.29 is 0 Å². The van der Waals surface area contributed by atoms with Crippen molar-refractivity contribution >= 4 is 44.4 Å². The monoisotopic (exact) mass is 385 g/mol. The third-order valence-corrected chi connectivity index (χ3v) is 6.76. The molecule has 25 heavy (non-hydrogen) atoms. The fourth-order valence-electron chi connectivity index (χ4n) is 2.64. The molecule has 3 heterocycles. The molecule has 0 spiro atoms. The number of thiophene rings is 1. The minimum Gasteiger partial charge on any atom is -0.303 e. The number of thiazole rings is 1. The molecule has 0 aliphatic heterocycles. The lowest BCUT2D eigenvalue weighted by molar-refractivity contribution is 0.576. The van der Waals surface area contributed by atoms with Crippen molar-refractivity contribution in [1.29, 1.82) is 0 Å². The maximum atomic E-state index is 6.52. The topological polar surface area (TPSA) is 37.8 Å². The lowest BCUT2D eigenvalue weighted by Crippen LogP contribution is -2.17. The average Bonchev–Trinajstić information content (AvgIpc) is 3.26. The van der Waals surface area contributed by atoms with Gasteiger partial charge in [0.15, 0.2) is 0 Å². The second-order valence-corrected chi connectivity index (χ2v) is 8.16. The van der Waals surface area contributed by atoms with E-state index in [1.807, 2.05) is 30.5 Å². The molecule has 0 fully saturated rings. The van der Waals surface area contributed by atoms with E-state index in [2.05, 4.69) is 34.7 Å². The van der Waals surface area contributed by atoms with Crippen LogP contribution in [0.2, 0.25) is 5.02 Å². The predicted octanol–water partition coefficient (Wildman–Crippen LogP) is 5.92. The van der Waals surface area contributed by atoms with Crippen LogP contribution in [-0.4, -0.2) is 9.97 Å². The van der Waals surface area contributed by atoms with Crippen LogP contribution >= 0.6 is 34.3 Å². The van der Waals surface area contributed by atoms with Gasteiger partial charge in [-0.15, -0.1) is 22.7 Å². The second kappa shape index (κ2) is 7.22. The minimum atomic E-state index is 0.164. The highest BCUT2D eigenvalue weighted by molar-refractivity contribution is 7.19.